The van der Waals surface area contributed by atoms with E-state index in [-0.39, 0.29) is 0 Å². The number of nitrogens with zero attached hydrogens (tertiary/aromatic N) is 4. The van der Waals surface area contributed by atoms with Crippen molar-refractivity contribution in [1.82, 2.24) is 15.0 Å². The summed E-state index contributed by atoms with van der Waals surface area (Å²) in [7, 11) is 1.96. The average Bonchev–Trinajstić information content (AvgIpc) is 2.30. The van der Waals surface area contributed by atoms with Crippen LogP contribution in [0.25, 0.3) is 0 Å². The maximum atomic E-state index is 5.80. The van der Waals surface area contributed by atoms with Gasteiger partial charge in [0.1, 0.15) is 17.3 Å². The zero-order chi connectivity index (χ0) is 11.4. The van der Waals surface area contributed by atoms with Crippen LogP contribution in [0.2, 0.25) is 5.15 Å². The molecule has 4 nitrogen and oxygen atoms in total. The van der Waals surface area contributed by atoms with Crippen LogP contribution in [-0.4, -0.2) is 22.0 Å². The number of hydrogen-bond donors (Lipinski definition) is 0. The van der Waals surface area contributed by atoms with Gasteiger partial charge < -0.3 is 4.90 Å². The highest BCUT2D eigenvalue weighted by atomic mass is 35.5. The van der Waals surface area contributed by atoms with Gasteiger partial charge in [0.2, 0.25) is 0 Å². The first-order chi connectivity index (χ1) is 7.75. The van der Waals surface area contributed by atoms with E-state index < -0.39 is 0 Å². The minimum atomic E-state index is 0.451. The summed E-state index contributed by atoms with van der Waals surface area (Å²) in [5.74, 6) is 0.803. The summed E-state index contributed by atoms with van der Waals surface area (Å²) in [5, 5.41) is 0.451. The van der Waals surface area contributed by atoms with Crippen LogP contribution in [-0.2, 0) is 6.54 Å². The Morgan fingerprint density at radius 2 is 2.00 bits per heavy atom. The third-order valence-electron chi connectivity index (χ3n) is 2.18. The fourth-order valence-corrected chi connectivity index (χ4v) is 1.52. The van der Waals surface area contributed by atoms with Crippen molar-refractivity contribution in [2.75, 3.05) is 11.9 Å². The van der Waals surface area contributed by atoms with Crippen LogP contribution in [0, 0.1) is 0 Å². The number of halogens is 1. The molecule has 0 amide bonds. The smallest absolute Gasteiger partial charge is 0.134 e. The van der Waals surface area contributed by atoms with Crippen molar-refractivity contribution in [2.45, 2.75) is 6.54 Å². The Bertz CT molecular complexity index is 461. The molecule has 0 aliphatic carbocycles. The van der Waals surface area contributed by atoms with Gasteiger partial charge in [0.25, 0.3) is 0 Å². The number of rotatable bonds is 3. The minimum absolute atomic E-state index is 0.451. The molecule has 0 unspecified atom stereocenters. The van der Waals surface area contributed by atoms with E-state index in [0.717, 1.165) is 12.4 Å². The van der Waals surface area contributed by atoms with Crippen LogP contribution in [0.5, 0.6) is 0 Å². The topological polar surface area (TPSA) is 41.9 Å². The quantitative estimate of drug-likeness (QED) is 0.764. The number of hydrogen-bond acceptors (Lipinski definition) is 4. The van der Waals surface area contributed by atoms with Crippen molar-refractivity contribution in [3.63, 3.8) is 0 Å². The van der Waals surface area contributed by atoms with Gasteiger partial charge in [-0.05, 0) is 17.7 Å². The molecule has 2 aromatic rings. The van der Waals surface area contributed by atoms with Crippen molar-refractivity contribution >= 4 is 17.4 Å². The van der Waals surface area contributed by atoms with E-state index in [1.165, 1.54) is 11.9 Å². The highest BCUT2D eigenvalue weighted by molar-refractivity contribution is 6.29. The molecule has 0 radical (unpaired) electrons. The first kappa shape index (κ1) is 10.8. The molecule has 0 saturated carbocycles. The molecular weight excluding hydrogens is 224 g/mol. The zero-order valence-electron chi connectivity index (χ0n) is 8.84. The molecule has 2 heterocycles. The number of pyridine rings is 1. The molecule has 0 bridgehead atoms. The molecule has 0 aromatic carbocycles. The first-order valence-electron chi connectivity index (χ1n) is 4.83. The van der Waals surface area contributed by atoms with Gasteiger partial charge in [0.15, 0.2) is 0 Å². The van der Waals surface area contributed by atoms with Crippen LogP contribution < -0.4 is 4.90 Å². The zero-order valence-corrected chi connectivity index (χ0v) is 9.59. The molecule has 0 spiro atoms. The summed E-state index contributed by atoms with van der Waals surface area (Å²) >= 11 is 5.80. The van der Waals surface area contributed by atoms with Crippen LogP contribution in [0.1, 0.15) is 5.56 Å². The van der Waals surface area contributed by atoms with Crippen molar-refractivity contribution in [3.05, 3.63) is 47.6 Å². The molecule has 2 aromatic heterocycles. The van der Waals surface area contributed by atoms with Gasteiger partial charge in [-0.15, -0.1) is 0 Å². The van der Waals surface area contributed by atoms with E-state index in [9.17, 15) is 0 Å². The Morgan fingerprint density at radius 3 is 2.69 bits per heavy atom. The van der Waals surface area contributed by atoms with Gasteiger partial charge in [-0.1, -0.05) is 11.6 Å². The van der Waals surface area contributed by atoms with E-state index in [1.54, 1.807) is 18.5 Å². The molecule has 0 N–H and O–H groups in total. The van der Waals surface area contributed by atoms with Crippen molar-refractivity contribution in [1.29, 1.82) is 0 Å². The predicted octanol–water partition coefficient (Wildman–Crippen LogP) is 2.16. The highest BCUT2D eigenvalue weighted by Crippen LogP contribution is 2.14. The molecule has 82 valence electrons. The van der Waals surface area contributed by atoms with Crippen molar-refractivity contribution < 1.29 is 0 Å². The molecule has 0 fully saturated rings. The molecular formula is C11H11ClN4. The first-order valence-corrected chi connectivity index (χ1v) is 5.21. The van der Waals surface area contributed by atoms with E-state index in [1.807, 2.05) is 24.1 Å². The van der Waals surface area contributed by atoms with Crippen LogP contribution in [0.3, 0.4) is 0 Å². The standard InChI is InChI=1S/C11H11ClN4/c1-16(7-9-2-4-13-5-3-9)11-6-10(12)14-8-15-11/h2-6,8H,7H2,1H3. The van der Waals surface area contributed by atoms with Gasteiger partial charge >= 0.3 is 0 Å². The monoisotopic (exact) mass is 234 g/mol. The lowest BCUT2D eigenvalue weighted by atomic mass is 10.2. The minimum Gasteiger partial charge on any atom is -0.355 e. The Morgan fingerprint density at radius 1 is 1.25 bits per heavy atom. The summed E-state index contributed by atoms with van der Waals surface area (Å²) in [4.78, 5) is 14.0. The maximum Gasteiger partial charge on any atom is 0.134 e. The molecule has 0 saturated heterocycles. The van der Waals surface area contributed by atoms with Gasteiger partial charge in [-0.25, -0.2) is 9.97 Å². The second-order valence-electron chi connectivity index (χ2n) is 3.41. The van der Waals surface area contributed by atoms with Crippen LogP contribution >= 0.6 is 11.6 Å². The summed E-state index contributed by atoms with van der Waals surface area (Å²) in [5.41, 5.74) is 1.17. The summed E-state index contributed by atoms with van der Waals surface area (Å²) < 4.78 is 0. The van der Waals surface area contributed by atoms with Crippen LogP contribution in [0.15, 0.2) is 36.9 Å². The van der Waals surface area contributed by atoms with E-state index in [0.29, 0.717) is 5.15 Å². The third-order valence-corrected chi connectivity index (χ3v) is 2.39. The molecule has 16 heavy (non-hydrogen) atoms. The molecule has 0 aliphatic heterocycles. The third kappa shape index (κ3) is 2.67. The average molecular weight is 235 g/mol. The summed E-state index contributed by atoms with van der Waals surface area (Å²) in [6.07, 6.45) is 5.01. The SMILES string of the molecule is CN(Cc1ccncc1)c1cc(Cl)ncn1. The molecule has 0 atom stereocenters. The Labute approximate surface area is 98.9 Å². The molecule has 2 rings (SSSR count). The lowest BCUT2D eigenvalue weighted by Crippen LogP contribution is -2.17. The Hall–Kier alpha value is -1.68. The van der Waals surface area contributed by atoms with E-state index in [2.05, 4.69) is 15.0 Å². The summed E-state index contributed by atoms with van der Waals surface area (Å²) in [6.45, 7) is 0.760. The fraction of sp³-hybridized carbons (Fsp3) is 0.182. The van der Waals surface area contributed by atoms with Crippen molar-refractivity contribution in [2.24, 2.45) is 0 Å². The van der Waals surface area contributed by atoms with Gasteiger partial charge in [-0.3, -0.25) is 4.98 Å². The van der Waals surface area contributed by atoms with Crippen molar-refractivity contribution in [3.8, 4) is 0 Å². The maximum absolute atomic E-state index is 5.80. The number of anilines is 1. The Balaban J connectivity index is 2.12. The predicted molar refractivity (Wildman–Crippen MR) is 63.4 cm³/mol. The van der Waals surface area contributed by atoms with Gasteiger partial charge in [0, 0.05) is 32.1 Å². The Kier molecular flexibility index (Phi) is 3.31. The highest BCUT2D eigenvalue weighted by Gasteiger charge is 2.04. The second-order valence-corrected chi connectivity index (χ2v) is 3.80. The van der Waals surface area contributed by atoms with Crippen LogP contribution in [0.4, 0.5) is 5.82 Å². The van der Waals surface area contributed by atoms with Gasteiger partial charge in [-0.2, -0.15) is 0 Å². The fourth-order valence-electron chi connectivity index (χ4n) is 1.38. The molecule has 0 aliphatic rings. The lowest BCUT2D eigenvalue weighted by Gasteiger charge is -2.17. The lowest BCUT2D eigenvalue weighted by molar-refractivity contribution is 0.888. The second kappa shape index (κ2) is 4.90. The van der Waals surface area contributed by atoms with E-state index in [4.69, 9.17) is 11.6 Å². The molecule has 5 heteroatoms. The van der Waals surface area contributed by atoms with E-state index >= 15 is 0 Å². The van der Waals surface area contributed by atoms with Gasteiger partial charge in [0.05, 0.1) is 0 Å². The normalized spacial score (nSPS) is 10.1. The summed E-state index contributed by atoms with van der Waals surface area (Å²) in [6, 6.07) is 5.68. The number of aromatic nitrogens is 3. The largest absolute Gasteiger partial charge is 0.355 e.